The predicted molar refractivity (Wildman–Crippen MR) is 55.9 cm³/mol. The minimum absolute atomic E-state index is 0.281. The van der Waals surface area contributed by atoms with Crippen LogP contribution >= 0.6 is 0 Å². The Bertz CT molecular complexity index is 404. The number of benzene rings is 1. The van der Waals surface area contributed by atoms with E-state index in [4.69, 9.17) is 11.3 Å². The summed E-state index contributed by atoms with van der Waals surface area (Å²) in [5.74, 6) is 0.903. The zero-order chi connectivity index (χ0) is 10.1. The fraction of sp³-hybridized carbons (Fsp3) is 0.417. The van der Waals surface area contributed by atoms with Gasteiger partial charge in [0.1, 0.15) is 5.75 Å². The average molecular weight is 187 g/mol. The molecule has 0 amide bonds. The van der Waals surface area contributed by atoms with Crippen LogP contribution in [0.3, 0.4) is 0 Å². The van der Waals surface area contributed by atoms with Gasteiger partial charge < -0.3 is 4.74 Å². The largest absolute Gasteiger partial charge is 0.492 e. The Balaban J connectivity index is 2.47. The van der Waals surface area contributed by atoms with E-state index in [0.717, 1.165) is 24.2 Å². The van der Waals surface area contributed by atoms with Crippen LogP contribution < -0.4 is 4.74 Å². The fourth-order valence-electron chi connectivity index (χ4n) is 1.80. The Morgan fingerprint density at radius 1 is 1.50 bits per heavy atom. The van der Waals surface area contributed by atoms with Gasteiger partial charge in [-0.2, -0.15) is 0 Å². The Morgan fingerprint density at radius 3 is 3.00 bits per heavy atom. The minimum atomic E-state index is 0.281. The molecule has 14 heavy (non-hydrogen) atoms. The molecule has 0 aromatic heterocycles. The SMILES string of the molecule is [C-]#[N+]c1cc2c(cc1C)CCC(C)O2. The van der Waals surface area contributed by atoms with Crippen molar-refractivity contribution in [1.29, 1.82) is 0 Å². The lowest BCUT2D eigenvalue weighted by atomic mass is 10.00. The lowest BCUT2D eigenvalue weighted by Crippen LogP contribution is -2.18. The lowest BCUT2D eigenvalue weighted by Gasteiger charge is -2.24. The third kappa shape index (κ3) is 1.46. The van der Waals surface area contributed by atoms with Gasteiger partial charge in [-0.15, -0.1) is 0 Å². The summed E-state index contributed by atoms with van der Waals surface area (Å²) in [5.41, 5.74) is 3.00. The van der Waals surface area contributed by atoms with Crippen molar-refractivity contribution in [3.8, 4) is 5.75 Å². The molecule has 2 nitrogen and oxygen atoms in total. The van der Waals surface area contributed by atoms with Crippen molar-refractivity contribution < 1.29 is 4.74 Å². The summed E-state index contributed by atoms with van der Waals surface area (Å²) in [7, 11) is 0. The maximum Gasteiger partial charge on any atom is 0.193 e. The van der Waals surface area contributed by atoms with Gasteiger partial charge in [-0.25, -0.2) is 4.85 Å². The monoisotopic (exact) mass is 187 g/mol. The van der Waals surface area contributed by atoms with Crippen molar-refractivity contribution >= 4 is 5.69 Å². The van der Waals surface area contributed by atoms with E-state index >= 15 is 0 Å². The molecule has 1 heterocycles. The van der Waals surface area contributed by atoms with Crippen LogP contribution in [-0.2, 0) is 6.42 Å². The standard InChI is InChI=1S/C12H13NO/c1-8-6-10-5-4-9(2)14-12(10)7-11(8)13-3/h6-7,9H,4-5H2,1-2H3. The molecule has 1 unspecified atom stereocenters. The summed E-state index contributed by atoms with van der Waals surface area (Å²) < 4.78 is 5.69. The highest BCUT2D eigenvalue weighted by Crippen LogP contribution is 2.33. The van der Waals surface area contributed by atoms with Gasteiger partial charge in [0.05, 0.1) is 12.7 Å². The summed E-state index contributed by atoms with van der Waals surface area (Å²) >= 11 is 0. The predicted octanol–water partition coefficient (Wildman–Crippen LogP) is 3.26. The van der Waals surface area contributed by atoms with Crippen molar-refractivity contribution in [1.82, 2.24) is 0 Å². The van der Waals surface area contributed by atoms with Gasteiger partial charge in [0.2, 0.25) is 0 Å². The number of hydrogen-bond donors (Lipinski definition) is 0. The van der Waals surface area contributed by atoms with Gasteiger partial charge >= 0.3 is 0 Å². The number of nitrogens with zero attached hydrogens (tertiary/aromatic N) is 1. The van der Waals surface area contributed by atoms with Gasteiger partial charge in [0.25, 0.3) is 0 Å². The average Bonchev–Trinajstić information content (AvgIpc) is 2.17. The molecule has 1 aliphatic rings. The number of hydrogen-bond acceptors (Lipinski definition) is 1. The van der Waals surface area contributed by atoms with E-state index in [9.17, 15) is 0 Å². The van der Waals surface area contributed by atoms with Gasteiger partial charge in [-0.3, -0.25) is 0 Å². The minimum Gasteiger partial charge on any atom is -0.492 e. The van der Waals surface area contributed by atoms with Crippen molar-refractivity contribution in [2.45, 2.75) is 32.8 Å². The van der Waals surface area contributed by atoms with E-state index in [2.05, 4.69) is 17.8 Å². The molecular weight excluding hydrogens is 174 g/mol. The summed E-state index contributed by atoms with van der Waals surface area (Å²) in [4.78, 5) is 3.47. The van der Waals surface area contributed by atoms with Crippen LogP contribution in [0, 0.1) is 13.5 Å². The molecule has 1 aliphatic heterocycles. The number of rotatable bonds is 0. The highest BCUT2D eigenvalue weighted by molar-refractivity contribution is 5.58. The highest BCUT2D eigenvalue weighted by Gasteiger charge is 2.17. The number of aryl methyl sites for hydroxylation is 2. The molecule has 0 saturated heterocycles. The maximum absolute atomic E-state index is 7.02. The second-order valence-electron chi connectivity index (χ2n) is 3.83. The second kappa shape index (κ2) is 3.34. The van der Waals surface area contributed by atoms with Crippen molar-refractivity contribution in [3.63, 3.8) is 0 Å². The van der Waals surface area contributed by atoms with Crippen LogP contribution in [0.4, 0.5) is 5.69 Å². The Hall–Kier alpha value is -1.49. The second-order valence-corrected chi connectivity index (χ2v) is 3.83. The first kappa shape index (κ1) is 9.08. The summed E-state index contributed by atoms with van der Waals surface area (Å²) in [5, 5.41) is 0. The van der Waals surface area contributed by atoms with E-state index in [0.29, 0.717) is 5.69 Å². The quantitative estimate of drug-likeness (QED) is 0.568. The first-order valence-corrected chi connectivity index (χ1v) is 4.88. The molecule has 0 saturated carbocycles. The van der Waals surface area contributed by atoms with Gasteiger partial charge in [0.15, 0.2) is 5.69 Å². The summed E-state index contributed by atoms with van der Waals surface area (Å²) in [6, 6.07) is 3.95. The van der Waals surface area contributed by atoms with Crippen LogP contribution in [0.15, 0.2) is 12.1 Å². The third-order valence-electron chi connectivity index (χ3n) is 2.65. The summed E-state index contributed by atoms with van der Waals surface area (Å²) in [6.45, 7) is 11.1. The molecule has 72 valence electrons. The zero-order valence-electron chi connectivity index (χ0n) is 8.50. The Kier molecular flexibility index (Phi) is 2.17. The molecule has 2 rings (SSSR count). The van der Waals surface area contributed by atoms with Crippen LogP contribution in [0.5, 0.6) is 5.75 Å². The highest BCUT2D eigenvalue weighted by atomic mass is 16.5. The molecule has 1 atom stereocenters. The van der Waals surface area contributed by atoms with Crippen molar-refractivity contribution in [3.05, 3.63) is 34.7 Å². The molecule has 1 aromatic rings. The van der Waals surface area contributed by atoms with Crippen LogP contribution in [0.25, 0.3) is 4.85 Å². The van der Waals surface area contributed by atoms with Crippen LogP contribution in [0.2, 0.25) is 0 Å². The lowest BCUT2D eigenvalue weighted by molar-refractivity contribution is 0.192. The van der Waals surface area contributed by atoms with E-state index in [1.54, 1.807) is 0 Å². The zero-order valence-corrected chi connectivity index (χ0v) is 8.50. The summed E-state index contributed by atoms with van der Waals surface area (Å²) in [6.07, 6.45) is 2.42. The third-order valence-corrected chi connectivity index (χ3v) is 2.65. The van der Waals surface area contributed by atoms with Crippen molar-refractivity contribution in [2.75, 3.05) is 0 Å². The number of fused-ring (bicyclic) bond motifs is 1. The van der Waals surface area contributed by atoms with Crippen molar-refractivity contribution in [2.24, 2.45) is 0 Å². The molecular formula is C12H13NO. The fourth-order valence-corrected chi connectivity index (χ4v) is 1.80. The van der Waals surface area contributed by atoms with E-state index < -0.39 is 0 Å². The molecule has 0 N–H and O–H groups in total. The van der Waals surface area contributed by atoms with Gasteiger partial charge in [-0.05, 0) is 43.9 Å². The molecule has 0 bridgehead atoms. The first-order chi connectivity index (χ1) is 6.70. The van der Waals surface area contributed by atoms with Gasteiger partial charge in [0, 0.05) is 0 Å². The van der Waals surface area contributed by atoms with E-state index in [-0.39, 0.29) is 6.10 Å². The molecule has 2 heteroatoms. The molecule has 0 radical (unpaired) electrons. The molecule has 0 aliphatic carbocycles. The first-order valence-electron chi connectivity index (χ1n) is 4.88. The Labute approximate surface area is 84.3 Å². The van der Waals surface area contributed by atoms with E-state index in [1.165, 1.54) is 5.56 Å². The molecule has 1 aromatic carbocycles. The van der Waals surface area contributed by atoms with Gasteiger partial charge in [-0.1, -0.05) is 6.07 Å². The Morgan fingerprint density at radius 2 is 2.29 bits per heavy atom. The normalized spacial score (nSPS) is 19.4. The van der Waals surface area contributed by atoms with E-state index in [1.807, 2.05) is 13.0 Å². The van der Waals surface area contributed by atoms with Crippen LogP contribution in [0.1, 0.15) is 24.5 Å². The maximum atomic E-state index is 7.02. The molecule has 0 fully saturated rings. The number of ether oxygens (including phenoxy) is 1. The topological polar surface area (TPSA) is 13.6 Å². The smallest absolute Gasteiger partial charge is 0.193 e. The van der Waals surface area contributed by atoms with Crippen LogP contribution in [-0.4, -0.2) is 6.10 Å². The molecule has 0 spiro atoms.